The van der Waals surface area contributed by atoms with Gasteiger partial charge in [0.2, 0.25) is 0 Å². The van der Waals surface area contributed by atoms with Crippen LogP contribution in [-0.4, -0.2) is 0 Å². The molecule has 0 aliphatic carbocycles. The molecule has 62 valence electrons. The van der Waals surface area contributed by atoms with Crippen LogP contribution >= 0.6 is 0 Å². The highest BCUT2D eigenvalue weighted by atomic mass is 14.5. The molecule has 0 aromatic heterocycles. The summed E-state index contributed by atoms with van der Waals surface area (Å²) in [4.78, 5) is 0. The van der Waals surface area contributed by atoms with Crippen LogP contribution in [0, 0.1) is 5.92 Å². The van der Waals surface area contributed by atoms with Crippen LogP contribution in [0.15, 0.2) is 36.1 Å². The normalized spacial score (nSPS) is 11.8. The van der Waals surface area contributed by atoms with Crippen molar-refractivity contribution in [2.24, 2.45) is 11.7 Å². The van der Waals surface area contributed by atoms with Crippen LogP contribution in [0.25, 0.3) is 0 Å². The number of rotatable bonds is 3. The van der Waals surface area contributed by atoms with E-state index in [0.717, 1.165) is 5.57 Å². The van der Waals surface area contributed by atoms with Gasteiger partial charge in [0.1, 0.15) is 0 Å². The highest BCUT2D eigenvalue weighted by molar-refractivity contribution is 5.33. The van der Waals surface area contributed by atoms with Crippen molar-refractivity contribution in [1.29, 1.82) is 0 Å². The van der Waals surface area contributed by atoms with Crippen molar-refractivity contribution >= 4 is 0 Å². The van der Waals surface area contributed by atoms with Gasteiger partial charge in [-0.2, -0.15) is 0 Å². The Morgan fingerprint density at radius 3 is 1.91 bits per heavy atom. The Hall–Kier alpha value is -0.980. The van der Waals surface area contributed by atoms with Crippen molar-refractivity contribution in [3.05, 3.63) is 36.1 Å². The van der Waals surface area contributed by atoms with E-state index in [1.54, 1.807) is 0 Å². The molecule has 0 rings (SSSR count). The Balaban J connectivity index is 4.60. The number of nitrogens with two attached hydrogens (primary N) is 1. The fourth-order valence-electron chi connectivity index (χ4n) is 0.982. The lowest BCUT2D eigenvalue weighted by Gasteiger charge is -2.10. The van der Waals surface area contributed by atoms with E-state index in [4.69, 9.17) is 5.73 Å². The highest BCUT2D eigenvalue weighted by Crippen LogP contribution is 2.17. The SMILES string of the molecule is C=C(N)/C=C(\C(=C)C)C(C)C. The molecule has 0 unspecified atom stereocenters. The first-order chi connectivity index (χ1) is 4.95. The molecular weight excluding hydrogens is 134 g/mol. The quantitative estimate of drug-likeness (QED) is 0.616. The predicted octanol–water partition coefficient (Wildman–Crippen LogP) is 2.62. The van der Waals surface area contributed by atoms with Crippen LogP contribution in [0.2, 0.25) is 0 Å². The third kappa shape index (κ3) is 3.66. The lowest BCUT2D eigenvalue weighted by atomic mass is 9.96. The van der Waals surface area contributed by atoms with Gasteiger partial charge in [-0.15, -0.1) is 0 Å². The van der Waals surface area contributed by atoms with Crippen LogP contribution in [0.3, 0.4) is 0 Å². The Morgan fingerprint density at radius 2 is 1.82 bits per heavy atom. The smallest absolute Gasteiger partial charge is 0.0243 e. The molecule has 0 radical (unpaired) electrons. The topological polar surface area (TPSA) is 26.0 Å². The Kier molecular flexibility index (Phi) is 3.66. The first-order valence-electron chi connectivity index (χ1n) is 3.77. The second-order valence-electron chi connectivity index (χ2n) is 3.11. The zero-order valence-corrected chi connectivity index (χ0v) is 7.65. The summed E-state index contributed by atoms with van der Waals surface area (Å²) in [5.74, 6) is 0.466. The molecule has 0 amide bonds. The van der Waals surface area contributed by atoms with Gasteiger partial charge in [-0.05, 0) is 24.5 Å². The van der Waals surface area contributed by atoms with Gasteiger partial charge in [0.25, 0.3) is 0 Å². The van der Waals surface area contributed by atoms with Crippen LogP contribution < -0.4 is 5.73 Å². The van der Waals surface area contributed by atoms with E-state index >= 15 is 0 Å². The average Bonchev–Trinajstić information content (AvgIpc) is 1.81. The summed E-state index contributed by atoms with van der Waals surface area (Å²) in [6.07, 6.45) is 1.88. The standard InChI is InChI=1S/C10H17N/c1-7(2)10(8(3)4)6-9(5)11/h6,8H,1,5,11H2,2-4H3/b10-6+. The highest BCUT2D eigenvalue weighted by Gasteiger charge is 2.02. The second-order valence-corrected chi connectivity index (χ2v) is 3.11. The molecular formula is C10H17N. The van der Waals surface area contributed by atoms with Crippen molar-refractivity contribution in [1.82, 2.24) is 0 Å². The molecule has 0 spiro atoms. The summed E-state index contributed by atoms with van der Waals surface area (Å²) in [6, 6.07) is 0. The summed E-state index contributed by atoms with van der Waals surface area (Å²) >= 11 is 0. The predicted molar refractivity (Wildman–Crippen MR) is 51.1 cm³/mol. The Morgan fingerprint density at radius 1 is 1.36 bits per heavy atom. The molecule has 0 atom stereocenters. The van der Waals surface area contributed by atoms with Crippen LogP contribution in [0.1, 0.15) is 20.8 Å². The minimum atomic E-state index is 0.466. The van der Waals surface area contributed by atoms with Gasteiger partial charge >= 0.3 is 0 Å². The molecule has 0 heterocycles. The Bertz CT molecular complexity index is 197. The van der Waals surface area contributed by atoms with E-state index in [2.05, 4.69) is 27.0 Å². The molecule has 11 heavy (non-hydrogen) atoms. The third-order valence-electron chi connectivity index (χ3n) is 1.46. The molecule has 1 nitrogen and oxygen atoms in total. The van der Waals surface area contributed by atoms with Gasteiger partial charge in [0.15, 0.2) is 0 Å². The zero-order valence-electron chi connectivity index (χ0n) is 7.65. The molecule has 0 bridgehead atoms. The van der Waals surface area contributed by atoms with Crippen molar-refractivity contribution in [2.75, 3.05) is 0 Å². The number of hydrogen-bond acceptors (Lipinski definition) is 1. The van der Waals surface area contributed by atoms with Crippen LogP contribution in [-0.2, 0) is 0 Å². The van der Waals surface area contributed by atoms with E-state index in [1.165, 1.54) is 5.57 Å². The van der Waals surface area contributed by atoms with Crippen molar-refractivity contribution < 1.29 is 0 Å². The van der Waals surface area contributed by atoms with Gasteiger partial charge in [-0.25, -0.2) is 0 Å². The van der Waals surface area contributed by atoms with Crippen LogP contribution in [0.4, 0.5) is 0 Å². The Labute approximate surface area is 69.3 Å². The van der Waals surface area contributed by atoms with Gasteiger partial charge in [-0.1, -0.05) is 32.6 Å². The largest absolute Gasteiger partial charge is 0.399 e. The minimum Gasteiger partial charge on any atom is -0.399 e. The first kappa shape index (κ1) is 10.0. The van der Waals surface area contributed by atoms with E-state index in [9.17, 15) is 0 Å². The zero-order chi connectivity index (χ0) is 9.02. The van der Waals surface area contributed by atoms with Crippen LogP contribution in [0.5, 0.6) is 0 Å². The van der Waals surface area contributed by atoms with E-state index < -0.39 is 0 Å². The lowest BCUT2D eigenvalue weighted by Crippen LogP contribution is -1.99. The average molecular weight is 151 g/mol. The maximum absolute atomic E-state index is 5.46. The summed E-state index contributed by atoms with van der Waals surface area (Å²) < 4.78 is 0. The van der Waals surface area contributed by atoms with Crippen molar-refractivity contribution in [3.8, 4) is 0 Å². The fourth-order valence-corrected chi connectivity index (χ4v) is 0.982. The van der Waals surface area contributed by atoms with Gasteiger partial charge in [0.05, 0.1) is 0 Å². The van der Waals surface area contributed by atoms with Gasteiger partial charge in [-0.3, -0.25) is 0 Å². The maximum atomic E-state index is 5.46. The third-order valence-corrected chi connectivity index (χ3v) is 1.46. The summed E-state index contributed by atoms with van der Waals surface area (Å²) in [5, 5.41) is 0. The molecule has 0 aromatic rings. The summed E-state index contributed by atoms with van der Waals surface area (Å²) in [6.45, 7) is 13.7. The monoisotopic (exact) mass is 151 g/mol. The number of allylic oxidation sites excluding steroid dienone is 3. The molecule has 1 heteroatoms. The fraction of sp³-hybridized carbons (Fsp3) is 0.400. The lowest BCUT2D eigenvalue weighted by molar-refractivity contribution is 0.777. The molecule has 0 fully saturated rings. The van der Waals surface area contributed by atoms with Gasteiger partial charge in [0, 0.05) is 5.70 Å². The molecule has 0 aromatic carbocycles. The van der Waals surface area contributed by atoms with Crippen molar-refractivity contribution in [3.63, 3.8) is 0 Å². The number of hydrogen-bond donors (Lipinski definition) is 1. The maximum Gasteiger partial charge on any atom is 0.0243 e. The van der Waals surface area contributed by atoms with E-state index in [-0.39, 0.29) is 0 Å². The van der Waals surface area contributed by atoms with E-state index in [0.29, 0.717) is 11.6 Å². The van der Waals surface area contributed by atoms with Gasteiger partial charge < -0.3 is 5.73 Å². The minimum absolute atomic E-state index is 0.466. The molecule has 0 aliphatic heterocycles. The van der Waals surface area contributed by atoms with Crippen molar-refractivity contribution in [2.45, 2.75) is 20.8 Å². The first-order valence-corrected chi connectivity index (χ1v) is 3.77. The summed E-state index contributed by atoms with van der Waals surface area (Å²) in [7, 11) is 0. The molecule has 0 saturated carbocycles. The molecule has 0 aliphatic rings. The molecule has 2 N–H and O–H groups in total. The molecule has 0 saturated heterocycles. The summed E-state index contributed by atoms with van der Waals surface area (Å²) in [5.41, 5.74) is 8.29. The second kappa shape index (κ2) is 4.02. The van der Waals surface area contributed by atoms with E-state index in [1.807, 2.05) is 13.0 Å².